The summed E-state index contributed by atoms with van der Waals surface area (Å²) < 4.78 is 5.37. The molecule has 112 valence electrons. The third-order valence-electron chi connectivity index (χ3n) is 3.25. The minimum Gasteiger partial charge on any atom is -0.478 e. The zero-order valence-electron chi connectivity index (χ0n) is 11.6. The predicted octanol–water partition coefficient (Wildman–Crippen LogP) is 1.34. The van der Waals surface area contributed by atoms with Crippen molar-refractivity contribution < 1.29 is 19.4 Å². The molecule has 0 bridgehead atoms. The molecule has 2 rings (SSSR count). The number of ether oxygens (including phenoxy) is 1. The number of carbonyl (C=O) groups excluding carboxylic acids is 1. The Morgan fingerprint density at radius 1 is 1.48 bits per heavy atom. The molecule has 1 aromatic heterocycles. The van der Waals surface area contributed by atoms with Crippen LogP contribution in [0.25, 0.3) is 6.08 Å². The first-order valence-electron chi connectivity index (χ1n) is 6.87. The van der Waals surface area contributed by atoms with Gasteiger partial charge in [0.1, 0.15) is 0 Å². The summed E-state index contributed by atoms with van der Waals surface area (Å²) in [5, 5.41) is 11.4. The van der Waals surface area contributed by atoms with Crippen LogP contribution in [0.3, 0.4) is 0 Å². The van der Waals surface area contributed by atoms with E-state index in [0.717, 1.165) is 25.5 Å². The number of hydrogen-bond acceptors (Lipinski definition) is 4. The fourth-order valence-electron chi connectivity index (χ4n) is 2.15. The van der Waals surface area contributed by atoms with Gasteiger partial charge in [0.25, 0.3) is 5.91 Å². The Hall–Kier alpha value is -2.21. The third kappa shape index (κ3) is 5.00. The van der Waals surface area contributed by atoms with E-state index in [4.69, 9.17) is 9.84 Å². The Morgan fingerprint density at radius 2 is 2.33 bits per heavy atom. The number of nitrogens with zero attached hydrogens (tertiary/aromatic N) is 1. The molecular weight excluding hydrogens is 272 g/mol. The molecule has 0 aromatic carbocycles. The number of rotatable bonds is 5. The lowest BCUT2D eigenvalue weighted by Gasteiger charge is -2.22. The summed E-state index contributed by atoms with van der Waals surface area (Å²) in [7, 11) is 0. The molecule has 21 heavy (non-hydrogen) atoms. The zero-order valence-corrected chi connectivity index (χ0v) is 11.6. The van der Waals surface area contributed by atoms with Crippen molar-refractivity contribution in [1.82, 2.24) is 10.3 Å². The van der Waals surface area contributed by atoms with Crippen LogP contribution in [0.2, 0.25) is 0 Å². The lowest BCUT2D eigenvalue weighted by atomic mass is 10.0. The minimum atomic E-state index is -1.04. The smallest absolute Gasteiger partial charge is 0.328 e. The highest BCUT2D eigenvalue weighted by molar-refractivity contribution is 5.94. The Labute approximate surface area is 122 Å². The van der Waals surface area contributed by atoms with Crippen molar-refractivity contribution in [2.75, 3.05) is 19.8 Å². The molecule has 1 amide bonds. The molecule has 0 spiro atoms. The van der Waals surface area contributed by atoms with Crippen molar-refractivity contribution >= 4 is 18.0 Å². The molecule has 2 N–H and O–H groups in total. The van der Waals surface area contributed by atoms with E-state index in [1.54, 1.807) is 6.07 Å². The molecule has 1 aliphatic heterocycles. The first kappa shape index (κ1) is 15.2. The molecule has 0 saturated carbocycles. The Balaban J connectivity index is 1.92. The average molecular weight is 290 g/mol. The topological polar surface area (TPSA) is 88.5 Å². The second kappa shape index (κ2) is 7.54. The number of nitrogens with one attached hydrogen (secondary N) is 1. The monoisotopic (exact) mass is 290 g/mol. The molecule has 1 atom stereocenters. The number of carboxylic acids is 1. The van der Waals surface area contributed by atoms with E-state index in [2.05, 4.69) is 10.3 Å². The molecule has 1 aliphatic rings. The summed E-state index contributed by atoms with van der Waals surface area (Å²) in [6.07, 6.45) is 7.46. The third-order valence-corrected chi connectivity index (χ3v) is 3.25. The molecule has 0 aliphatic carbocycles. The molecular formula is C15H18N2O4. The summed E-state index contributed by atoms with van der Waals surface area (Å²) in [5.74, 6) is -0.897. The number of carboxylic acid groups (broad SMARTS) is 1. The van der Waals surface area contributed by atoms with Gasteiger partial charge in [-0.1, -0.05) is 0 Å². The van der Waals surface area contributed by atoms with Crippen LogP contribution in [-0.4, -0.2) is 41.7 Å². The standard InChI is InChI=1S/C15H18N2O4/c18-14(19)4-3-11-6-13(9-16-7-11)15(20)17-8-12-2-1-5-21-10-12/h3-4,6-7,9,12H,1-2,5,8,10H2,(H,17,20)(H,18,19). The van der Waals surface area contributed by atoms with E-state index < -0.39 is 5.97 Å². The fraction of sp³-hybridized carbons (Fsp3) is 0.400. The van der Waals surface area contributed by atoms with Crippen molar-refractivity contribution in [3.8, 4) is 0 Å². The van der Waals surface area contributed by atoms with Crippen molar-refractivity contribution in [1.29, 1.82) is 0 Å². The normalized spacial score (nSPS) is 18.6. The largest absolute Gasteiger partial charge is 0.478 e. The molecule has 6 heteroatoms. The van der Waals surface area contributed by atoms with Crippen LogP contribution in [0.5, 0.6) is 0 Å². The summed E-state index contributed by atoms with van der Waals surface area (Å²) >= 11 is 0. The van der Waals surface area contributed by atoms with Crippen LogP contribution < -0.4 is 5.32 Å². The van der Waals surface area contributed by atoms with Gasteiger partial charge in [-0.3, -0.25) is 9.78 Å². The van der Waals surface area contributed by atoms with Crippen LogP contribution in [-0.2, 0) is 9.53 Å². The molecule has 6 nitrogen and oxygen atoms in total. The number of pyridine rings is 1. The second-order valence-corrected chi connectivity index (χ2v) is 4.97. The Morgan fingerprint density at radius 3 is 3.05 bits per heavy atom. The first-order chi connectivity index (χ1) is 10.1. The highest BCUT2D eigenvalue weighted by Crippen LogP contribution is 2.12. The van der Waals surface area contributed by atoms with Crippen LogP contribution >= 0.6 is 0 Å². The SMILES string of the molecule is O=C(O)C=Cc1cncc(C(=O)NCC2CCCOC2)c1. The van der Waals surface area contributed by atoms with Crippen LogP contribution in [0.15, 0.2) is 24.5 Å². The van der Waals surface area contributed by atoms with E-state index in [1.165, 1.54) is 18.5 Å². The quantitative estimate of drug-likeness (QED) is 0.799. The highest BCUT2D eigenvalue weighted by Gasteiger charge is 2.15. The van der Waals surface area contributed by atoms with Crippen molar-refractivity contribution in [2.45, 2.75) is 12.8 Å². The van der Waals surface area contributed by atoms with Gasteiger partial charge in [0.05, 0.1) is 12.2 Å². The molecule has 1 unspecified atom stereocenters. The maximum Gasteiger partial charge on any atom is 0.328 e. The summed E-state index contributed by atoms with van der Waals surface area (Å²) in [4.78, 5) is 26.5. The van der Waals surface area contributed by atoms with Gasteiger partial charge in [-0.25, -0.2) is 4.79 Å². The van der Waals surface area contributed by atoms with Gasteiger partial charge in [-0.2, -0.15) is 0 Å². The lowest BCUT2D eigenvalue weighted by Crippen LogP contribution is -2.33. The van der Waals surface area contributed by atoms with Crippen LogP contribution in [0.1, 0.15) is 28.8 Å². The van der Waals surface area contributed by atoms with E-state index >= 15 is 0 Å². The number of carbonyl (C=O) groups is 2. The summed E-state index contributed by atoms with van der Waals surface area (Å²) in [6.45, 7) is 2.06. The van der Waals surface area contributed by atoms with Crippen LogP contribution in [0.4, 0.5) is 0 Å². The molecule has 1 aromatic rings. The van der Waals surface area contributed by atoms with Crippen molar-refractivity contribution in [3.05, 3.63) is 35.7 Å². The van der Waals surface area contributed by atoms with E-state index in [9.17, 15) is 9.59 Å². The van der Waals surface area contributed by atoms with Gasteiger partial charge in [0.15, 0.2) is 0 Å². The van der Waals surface area contributed by atoms with Gasteiger partial charge < -0.3 is 15.2 Å². The Kier molecular flexibility index (Phi) is 5.45. The van der Waals surface area contributed by atoms with Gasteiger partial charge in [-0.15, -0.1) is 0 Å². The molecule has 1 saturated heterocycles. The number of aromatic nitrogens is 1. The molecule has 0 radical (unpaired) electrons. The van der Waals surface area contributed by atoms with Crippen LogP contribution in [0, 0.1) is 5.92 Å². The second-order valence-electron chi connectivity index (χ2n) is 4.97. The number of hydrogen-bond donors (Lipinski definition) is 2. The summed E-state index contributed by atoms with van der Waals surface area (Å²) in [6, 6.07) is 1.61. The first-order valence-corrected chi connectivity index (χ1v) is 6.87. The highest BCUT2D eigenvalue weighted by atomic mass is 16.5. The van der Waals surface area contributed by atoms with Gasteiger partial charge in [0.2, 0.25) is 0 Å². The fourth-order valence-corrected chi connectivity index (χ4v) is 2.15. The van der Waals surface area contributed by atoms with Crippen molar-refractivity contribution in [3.63, 3.8) is 0 Å². The Bertz CT molecular complexity index is 536. The van der Waals surface area contributed by atoms with Gasteiger partial charge in [0, 0.05) is 31.6 Å². The predicted molar refractivity (Wildman–Crippen MR) is 76.8 cm³/mol. The molecule has 2 heterocycles. The summed E-state index contributed by atoms with van der Waals surface area (Å²) in [5.41, 5.74) is 0.991. The van der Waals surface area contributed by atoms with Gasteiger partial charge >= 0.3 is 5.97 Å². The van der Waals surface area contributed by atoms with E-state index in [1.807, 2.05) is 0 Å². The lowest BCUT2D eigenvalue weighted by molar-refractivity contribution is -0.131. The maximum absolute atomic E-state index is 12.0. The minimum absolute atomic E-state index is 0.210. The maximum atomic E-state index is 12.0. The van der Waals surface area contributed by atoms with E-state index in [0.29, 0.717) is 30.2 Å². The van der Waals surface area contributed by atoms with Crippen molar-refractivity contribution in [2.24, 2.45) is 5.92 Å². The molecule has 1 fully saturated rings. The van der Waals surface area contributed by atoms with Gasteiger partial charge in [-0.05, 0) is 36.5 Å². The van der Waals surface area contributed by atoms with E-state index in [-0.39, 0.29) is 5.91 Å². The number of aliphatic carboxylic acids is 1. The average Bonchev–Trinajstić information content (AvgIpc) is 2.52. The number of amides is 1. The zero-order chi connectivity index (χ0) is 15.1.